The fraction of sp³-hybridized carbons (Fsp3) is 0.625. The summed E-state index contributed by atoms with van der Waals surface area (Å²) >= 11 is 0. The summed E-state index contributed by atoms with van der Waals surface area (Å²) in [5.74, 6) is 0.324. The molecule has 0 saturated heterocycles. The van der Waals surface area contributed by atoms with Crippen molar-refractivity contribution in [2.45, 2.75) is 27.3 Å². The number of halogens is 1. The fourth-order valence-corrected chi connectivity index (χ4v) is 2.14. The molecule has 0 bridgehead atoms. The third kappa shape index (κ3) is 5.47. The highest BCUT2D eigenvalue weighted by Crippen LogP contribution is 2.21. The van der Waals surface area contributed by atoms with Crippen LogP contribution in [0.2, 0.25) is 0 Å². The molecule has 0 radical (unpaired) electrons. The van der Waals surface area contributed by atoms with E-state index >= 15 is 0 Å². The summed E-state index contributed by atoms with van der Waals surface area (Å²) in [6, 6.07) is 5.49. The molecule has 20 heavy (non-hydrogen) atoms. The molecule has 0 unspecified atom stereocenters. The molecule has 114 valence electrons. The number of anilines is 1. The van der Waals surface area contributed by atoms with Gasteiger partial charge in [0.05, 0.1) is 12.3 Å². The Morgan fingerprint density at radius 1 is 1.35 bits per heavy atom. The van der Waals surface area contributed by atoms with Crippen molar-refractivity contribution in [1.29, 1.82) is 0 Å². The van der Waals surface area contributed by atoms with Crippen LogP contribution in [0.5, 0.6) is 0 Å². The van der Waals surface area contributed by atoms with Crippen molar-refractivity contribution in [3.63, 3.8) is 0 Å². The number of ether oxygens (including phenoxy) is 1. The van der Waals surface area contributed by atoms with Crippen molar-refractivity contribution in [3.8, 4) is 0 Å². The van der Waals surface area contributed by atoms with Crippen LogP contribution < -0.4 is 10.2 Å². The van der Waals surface area contributed by atoms with Crippen LogP contribution >= 0.6 is 0 Å². The maximum Gasteiger partial charge on any atom is 0.146 e. The molecule has 0 saturated carbocycles. The van der Waals surface area contributed by atoms with Gasteiger partial charge >= 0.3 is 0 Å². The van der Waals surface area contributed by atoms with E-state index in [-0.39, 0.29) is 5.82 Å². The Morgan fingerprint density at radius 2 is 2.10 bits per heavy atom. The van der Waals surface area contributed by atoms with Crippen LogP contribution in [0.1, 0.15) is 26.3 Å². The van der Waals surface area contributed by atoms with E-state index in [1.807, 2.05) is 19.1 Å². The first-order chi connectivity index (χ1) is 9.58. The SMILES string of the molecule is CCNCc1ccc(N(CCOC)CC(C)C)c(F)c1. The first-order valence-electron chi connectivity index (χ1n) is 7.31. The van der Waals surface area contributed by atoms with Gasteiger partial charge < -0.3 is 15.0 Å². The second kappa shape index (κ2) is 8.93. The van der Waals surface area contributed by atoms with E-state index in [4.69, 9.17) is 4.74 Å². The standard InChI is InChI=1S/C16H27FN2O/c1-5-18-11-14-6-7-16(15(17)10-14)19(8-9-20-4)12-13(2)3/h6-7,10,13,18H,5,8-9,11-12H2,1-4H3. The van der Waals surface area contributed by atoms with E-state index < -0.39 is 0 Å². The molecule has 4 heteroatoms. The van der Waals surface area contributed by atoms with E-state index in [9.17, 15) is 4.39 Å². The average Bonchev–Trinajstić information content (AvgIpc) is 2.41. The third-order valence-electron chi connectivity index (χ3n) is 3.08. The summed E-state index contributed by atoms with van der Waals surface area (Å²) in [5.41, 5.74) is 1.64. The number of benzene rings is 1. The Hall–Kier alpha value is -1.13. The first-order valence-corrected chi connectivity index (χ1v) is 7.31. The van der Waals surface area contributed by atoms with E-state index in [0.717, 1.165) is 18.7 Å². The topological polar surface area (TPSA) is 24.5 Å². The number of hydrogen-bond acceptors (Lipinski definition) is 3. The number of nitrogens with one attached hydrogen (secondary N) is 1. The number of methoxy groups -OCH3 is 1. The minimum absolute atomic E-state index is 0.155. The van der Waals surface area contributed by atoms with Crippen molar-refractivity contribution >= 4 is 5.69 Å². The van der Waals surface area contributed by atoms with E-state index in [0.29, 0.717) is 31.3 Å². The summed E-state index contributed by atoms with van der Waals surface area (Å²) in [5, 5.41) is 3.21. The van der Waals surface area contributed by atoms with Crippen LogP contribution in [0.4, 0.5) is 10.1 Å². The Labute approximate surface area is 122 Å². The van der Waals surface area contributed by atoms with Crippen LogP contribution in [0, 0.1) is 11.7 Å². The lowest BCUT2D eigenvalue weighted by Gasteiger charge is -2.27. The number of rotatable bonds is 9. The van der Waals surface area contributed by atoms with Crippen molar-refractivity contribution < 1.29 is 9.13 Å². The summed E-state index contributed by atoms with van der Waals surface area (Å²) < 4.78 is 19.4. The summed E-state index contributed by atoms with van der Waals surface area (Å²) in [7, 11) is 1.67. The summed E-state index contributed by atoms with van der Waals surface area (Å²) in [6.45, 7) is 10.0. The zero-order chi connectivity index (χ0) is 15.0. The second-order valence-corrected chi connectivity index (χ2v) is 5.40. The molecule has 0 spiro atoms. The number of hydrogen-bond donors (Lipinski definition) is 1. The van der Waals surface area contributed by atoms with Crippen molar-refractivity contribution in [1.82, 2.24) is 5.32 Å². The minimum Gasteiger partial charge on any atom is -0.383 e. The van der Waals surface area contributed by atoms with Crippen molar-refractivity contribution in [2.24, 2.45) is 5.92 Å². The molecule has 0 fully saturated rings. The fourth-order valence-electron chi connectivity index (χ4n) is 2.14. The molecule has 0 aliphatic carbocycles. The van der Waals surface area contributed by atoms with Gasteiger partial charge in [0.15, 0.2) is 0 Å². The van der Waals surface area contributed by atoms with Gasteiger partial charge in [0, 0.05) is 26.7 Å². The van der Waals surface area contributed by atoms with Crippen LogP contribution in [0.3, 0.4) is 0 Å². The highest BCUT2D eigenvalue weighted by atomic mass is 19.1. The second-order valence-electron chi connectivity index (χ2n) is 5.40. The van der Waals surface area contributed by atoms with Crippen molar-refractivity contribution in [3.05, 3.63) is 29.6 Å². The normalized spacial score (nSPS) is 11.1. The average molecular weight is 282 g/mol. The minimum atomic E-state index is -0.155. The molecule has 1 aromatic carbocycles. The Balaban J connectivity index is 2.83. The molecule has 0 amide bonds. The smallest absolute Gasteiger partial charge is 0.146 e. The monoisotopic (exact) mass is 282 g/mol. The van der Waals surface area contributed by atoms with E-state index in [1.165, 1.54) is 0 Å². The lowest BCUT2D eigenvalue weighted by molar-refractivity contribution is 0.204. The van der Waals surface area contributed by atoms with Crippen LogP contribution in [-0.4, -0.2) is 33.4 Å². The lowest BCUT2D eigenvalue weighted by atomic mass is 10.1. The maximum absolute atomic E-state index is 14.3. The van der Waals surface area contributed by atoms with Gasteiger partial charge in [-0.2, -0.15) is 0 Å². The molecule has 0 atom stereocenters. The molecule has 1 N–H and O–H groups in total. The zero-order valence-corrected chi connectivity index (χ0v) is 13.1. The predicted molar refractivity (Wildman–Crippen MR) is 82.7 cm³/mol. The zero-order valence-electron chi connectivity index (χ0n) is 13.1. The Kier molecular flexibility index (Phi) is 7.55. The summed E-state index contributed by atoms with van der Waals surface area (Å²) in [4.78, 5) is 2.06. The van der Waals surface area contributed by atoms with Crippen molar-refractivity contribution in [2.75, 3.05) is 38.3 Å². The summed E-state index contributed by atoms with van der Waals surface area (Å²) in [6.07, 6.45) is 0. The largest absolute Gasteiger partial charge is 0.383 e. The molecule has 0 aliphatic heterocycles. The predicted octanol–water partition coefficient (Wildman–Crippen LogP) is 3.04. The van der Waals surface area contributed by atoms with Crippen LogP contribution in [0.15, 0.2) is 18.2 Å². The Morgan fingerprint density at radius 3 is 2.65 bits per heavy atom. The molecule has 1 rings (SSSR count). The quantitative estimate of drug-likeness (QED) is 0.753. The van der Waals surface area contributed by atoms with Gasteiger partial charge in [0.25, 0.3) is 0 Å². The van der Waals surface area contributed by atoms with Gasteiger partial charge in [0.2, 0.25) is 0 Å². The van der Waals surface area contributed by atoms with Crippen LogP contribution in [0.25, 0.3) is 0 Å². The maximum atomic E-state index is 14.3. The van der Waals surface area contributed by atoms with Gasteiger partial charge in [-0.1, -0.05) is 26.8 Å². The lowest BCUT2D eigenvalue weighted by Crippen LogP contribution is -2.31. The van der Waals surface area contributed by atoms with E-state index in [1.54, 1.807) is 13.2 Å². The molecule has 3 nitrogen and oxygen atoms in total. The molecule has 0 aromatic heterocycles. The molecular formula is C16H27FN2O. The van der Waals surface area contributed by atoms with Gasteiger partial charge in [-0.25, -0.2) is 4.39 Å². The molecule has 1 aromatic rings. The molecular weight excluding hydrogens is 255 g/mol. The third-order valence-corrected chi connectivity index (χ3v) is 3.08. The Bertz CT molecular complexity index is 396. The van der Waals surface area contributed by atoms with Gasteiger partial charge in [0.1, 0.15) is 5.82 Å². The van der Waals surface area contributed by atoms with Gasteiger partial charge in [-0.05, 0) is 30.2 Å². The van der Waals surface area contributed by atoms with Gasteiger partial charge in [-0.15, -0.1) is 0 Å². The molecule has 0 aliphatic rings. The molecule has 0 heterocycles. The first kappa shape index (κ1) is 16.9. The van der Waals surface area contributed by atoms with Crippen LogP contribution in [-0.2, 0) is 11.3 Å². The van der Waals surface area contributed by atoms with E-state index in [2.05, 4.69) is 24.1 Å². The highest BCUT2D eigenvalue weighted by Gasteiger charge is 2.13. The number of nitrogens with zero attached hydrogens (tertiary/aromatic N) is 1. The highest BCUT2D eigenvalue weighted by molar-refractivity contribution is 5.49. The van der Waals surface area contributed by atoms with Gasteiger partial charge in [-0.3, -0.25) is 0 Å².